The lowest BCUT2D eigenvalue weighted by atomic mass is 9.33. The molecule has 12 aromatic rings. The highest BCUT2D eigenvalue weighted by molar-refractivity contribution is 7.00. The first kappa shape index (κ1) is 46.2. The molecule has 78 heavy (non-hydrogen) atoms. The molecule has 0 aromatic heterocycles. The molecular weight excluding hydrogens is 987 g/mol. The molecule has 366 valence electrons. The van der Waals surface area contributed by atoms with Gasteiger partial charge in [0.2, 0.25) is 0 Å². The van der Waals surface area contributed by atoms with Crippen LogP contribution in [0.2, 0.25) is 10.0 Å². The Morgan fingerprint density at radius 3 is 1.00 bits per heavy atom. The van der Waals surface area contributed by atoms with Crippen molar-refractivity contribution in [2.45, 2.75) is 5.41 Å². The van der Waals surface area contributed by atoms with Crippen LogP contribution in [0.5, 0.6) is 0 Å². The van der Waals surface area contributed by atoms with E-state index in [1.165, 1.54) is 33.3 Å². The van der Waals surface area contributed by atoms with Crippen molar-refractivity contribution in [2.75, 3.05) is 9.80 Å². The maximum atomic E-state index is 7.38. The third-order valence-electron chi connectivity index (χ3n) is 16.4. The van der Waals surface area contributed by atoms with E-state index in [2.05, 4.69) is 295 Å². The Morgan fingerprint density at radius 2 is 0.615 bits per heavy atom. The molecule has 0 spiro atoms. The fourth-order valence-electron chi connectivity index (χ4n) is 13.3. The molecule has 0 radical (unpaired) electrons. The molecule has 0 unspecified atom stereocenters. The molecular formula is C73H47BCl2N2. The van der Waals surface area contributed by atoms with Crippen molar-refractivity contribution in [1.29, 1.82) is 0 Å². The van der Waals surface area contributed by atoms with E-state index in [0.717, 1.165) is 95.1 Å². The highest BCUT2D eigenvalue weighted by Gasteiger charge is 2.50. The fraction of sp³-hybridized carbons (Fsp3) is 0.0137. The zero-order valence-corrected chi connectivity index (χ0v) is 43.9. The van der Waals surface area contributed by atoms with Crippen LogP contribution in [0.15, 0.2) is 285 Å². The number of halogens is 2. The smallest absolute Gasteiger partial charge is 0.252 e. The summed E-state index contributed by atoms with van der Waals surface area (Å²) in [6, 6.07) is 104. The van der Waals surface area contributed by atoms with E-state index in [1.54, 1.807) is 0 Å². The molecule has 12 aromatic carbocycles. The van der Waals surface area contributed by atoms with Gasteiger partial charge in [0.25, 0.3) is 6.71 Å². The first-order chi connectivity index (χ1) is 38.6. The Hall–Kier alpha value is -9.12. The minimum Gasteiger partial charge on any atom is -0.310 e. The predicted octanol–water partition coefficient (Wildman–Crippen LogP) is 18.1. The summed E-state index contributed by atoms with van der Waals surface area (Å²) in [6.45, 7) is -0.222. The van der Waals surface area contributed by atoms with Gasteiger partial charge in [0.05, 0.1) is 16.8 Å². The maximum absolute atomic E-state index is 7.38. The molecule has 2 aliphatic heterocycles. The Labute approximate surface area is 465 Å². The summed E-state index contributed by atoms with van der Waals surface area (Å²) in [5.41, 5.74) is 25.2. The Morgan fingerprint density at radius 1 is 0.282 bits per heavy atom. The number of nitrogens with zero attached hydrogens (tertiary/aromatic N) is 2. The summed E-state index contributed by atoms with van der Waals surface area (Å²) in [5.74, 6) is 0. The van der Waals surface area contributed by atoms with Gasteiger partial charge in [0, 0.05) is 55.0 Å². The first-order valence-electron chi connectivity index (χ1n) is 26.7. The van der Waals surface area contributed by atoms with Crippen molar-refractivity contribution in [3.05, 3.63) is 317 Å². The van der Waals surface area contributed by atoms with Crippen molar-refractivity contribution in [3.63, 3.8) is 0 Å². The topological polar surface area (TPSA) is 6.48 Å². The largest absolute Gasteiger partial charge is 0.310 e. The Kier molecular flexibility index (Phi) is 11.0. The summed E-state index contributed by atoms with van der Waals surface area (Å²) in [6.07, 6.45) is 0. The second-order valence-electron chi connectivity index (χ2n) is 20.5. The van der Waals surface area contributed by atoms with Crippen LogP contribution in [0, 0.1) is 0 Å². The van der Waals surface area contributed by atoms with E-state index in [9.17, 15) is 0 Å². The van der Waals surface area contributed by atoms with Gasteiger partial charge in [-0.15, -0.1) is 0 Å². The Bertz CT molecular complexity index is 3930. The third kappa shape index (κ3) is 7.05. The highest BCUT2D eigenvalue weighted by Crippen LogP contribution is 2.59. The fourth-order valence-corrected chi connectivity index (χ4v) is 13.7. The van der Waals surface area contributed by atoms with Gasteiger partial charge in [0.1, 0.15) is 0 Å². The van der Waals surface area contributed by atoms with Crippen molar-refractivity contribution in [3.8, 4) is 55.6 Å². The zero-order chi connectivity index (χ0) is 51.9. The van der Waals surface area contributed by atoms with Crippen LogP contribution in [0.1, 0.15) is 22.3 Å². The van der Waals surface area contributed by atoms with Crippen molar-refractivity contribution < 1.29 is 0 Å². The SMILES string of the molecule is Clc1ccc2c(c1)N(c1c(-c3ccccc3)cccc1-c1ccccc1)c1cc(C3(c4ccccc4)c4ccccc4-c4ccccc43)cc3c1B2c1ccc(Cl)cc1N3c1c(-c2ccccc2)cccc1-c1ccccc1. The molecule has 0 N–H and O–H groups in total. The number of para-hydroxylation sites is 2. The molecule has 0 atom stereocenters. The number of fused-ring (bicyclic) bond motifs is 7. The zero-order valence-electron chi connectivity index (χ0n) is 42.4. The van der Waals surface area contributed by atoms with E-state index in [1.807, 2.05) is 0 Å². The van der Waals surface area contributed by atoms with Gasteiger partial charge in [-0.2, -0.15) is 0 Å². The van der Waals surface area contributed by atoms with Crippen LogP contribution in [0.25, 0.3) is 55.6 Å². The summed E-state index contributed by atoms with van der Waals surface area (Å²) >= 11 is 14.8. The van der Waals surface area contributed by atoms with Gasteiger partial charge in [-0.05, 0) is 108 Å². The normalized spacial score (nSPS) is 13.3. The maximum Gasteiger partial charge on any atom is 0.252 e. The van der Waals surface area contributed by atoms with Gasteiger partial charge in [-0.3, -0.25) is 0 Å². The number of benzene rings is 12. The van der Waals surface area contributed by atoms with E-state index in [4.69, 9.17) is 23.2 Å². The second-order valence-corrected chi connectivity index (χ2v) is 21.4. The van der Waals surface area contributed by atoms with Crippen LogP contribution >= 0.6 is 23.2 Å². The van der Waals surface area contributed by atoms with Crippen LogP contribution in [0.4, 0.5) is 34.1 Å². The number of hydrogen-bond acceptors (Lipinski definition) is 2. The van der Waals surface area contributed by atoms with E-state index in [0.29, 0.717) is 10.0 Å². The van der Waals surface area contributed by atoms with Gasteiger partial charge in [-0.1, -0.05) is 272 Å². The molecule has 15 rings (SSSR count). The third-order valence-corrected chi connectivity index (χ3v) is 16.9. The molecule has 0 saturated carbocycles. The number of rotatable bonds is 8. The number of hydrogen-bond donors (Lipinski definition) is 0. The van der Waals surface area contributed by atoms with Gasteiger partial charge >= 0.3 is 0 Å². The summed E-state index contributed by atoms with van der Waals surface area (Å²) in [4.78, 5) is 5.13. The summed E-state index contributed by atoms with van der Waals surface area (Å²) in [7, 11) is 0. The monoisotopic (exact) mass is 1030 g/mol. The molecule has 0 saturated heterocycles. The minimum atomic E-state index is -0.765. The quantitative estimate of drug-likeness (QED) is 0.140. The van der Waals surface area contributed by atoms with E-state index in [-0.39, 0.29) is 6.71 Å². The molecule has 0 bridgehead atoms. The summed E-state index contributed by atoms with van der Waals surface area (Å²) in [5, 5.41) is 1.32. The van der Waals surface area contributed by atoms with Crippen LogP contribution < -0.4 is 26.2 Å². The first-order valence-corrected chi connectivity index (χ1v) is 27.4. The molecule has 0 fully saturated rings. The summed E-state index contributed by atoms with van der Waals surface area (Å²) < 4.78 is 0. The lowest BCUT2D eigenvalue weighted by molar-refractivity contribution is 0.768. The molecule has 5 heteroatoms. The average Bonchev–Trinajstić information content (AvgIpc) is 3.62. The molecule has 2 nitrogen and oxygen atoms in total. The minimum absolute atomic E-state index is 0.222. The van der Waals surface area contributed by atoms with Crippen molar-refractivity contribution >= 4 is 80.4 Å². The van der Waals surface area contributed by atoms with Crippen LogP contribution in [0.3, 0.4) is 0 Å². The molecule has 3 aliphatic rings. The van der Waals surface area contributed by atoms with Crippen LogP contribution in [-0.2, 0) is 5.41 Å². The number of anilines is 6. The van der Waals surface area contributed by atoms with Gasteiger partial charge < -0.3 is 9.80 Å². The average molecular weight is 1030 g/mol. The van der Waals surface area contributed by atoms with Gasteiger partial charge in [0.15, 0.2) is 0 Å². The van der Waals surface area contributed by atoms with Crippen LogP contribution in [-0.4, -0.2) is 6.71 Å². The Balaban J connectivity index is 1.17. The van der Waals surface area contributed by atoms with E-state index < -0.39 is 5.41 Å². The lowest BCUT2D eigenvalue weighted by Gasteiger charge is -2.47. The molecule has 0 amide bonds. The van der Waals surface area contributed by atoms with E-state index >= 15 is 0 Å². The van der Waals surface area contributed by atoms with Gasteiger partial charge in [-0.25, -0.2) is 0 Å². The van der Waals surface area contributed by atoms with Crippen molar-refractivity contribution in [2.24, 2.45) is 0 Å². The predicted molar refractivity (Wildman–Crippen MR) is 330 cm³/mol. The van der Waals surface area contributed by atoms with Crippen molar-refractivity contribution in [1.82, 2.24) is 0 Å². The highest BCUT2D eigenvalue weighted by atomic mass is 35.5. The standard InChI is InChI=1S/C73H47BCl2N2/c75-54-40-42-64-66(46-54)77(71-56(48-22-6-1-7-23-48)34-20-35-57(71)49-24-8-2-9-25-49)68-44-53(73(52-30-14-5-15-31-52)62-38-18-16-32-60(62)61-33-17-19-39-63(61)73)45-69-70(68)74(64)65-43-41-55(76)47-67(65)78(69)72-58(50-26-10-3-11-27-50)36-21-37-59(72)51-28-12-4-13-29-51/h1-47H. The molecule has 2 heterocycles. The second kappa shape index (κ2) is 18.6. The lowest BCUT2D eigenvalue weighted by Crippen LogP contribution is -2.61. The molecule has 1 aliphatic carbocycles.